The molecule has 0 amide bonds. The van der Waals surface area contributed by atoms with Crippen molar-refractivity contribution in [2.45, 2.75) is 33.1 Å². The first-order valence-electron chi connectivity index (χ1n) is 8.94. The topological polar surface area (TPSA) is 53.6 Å². The van der Waals surface area contributed by atoms with E-state index in [1.54, 1.807) is 6.33 Å². The summed E-state index contributed by atoms with van der Waals surface area (Å²) in [5.41, 5.74) is 7.07. The molecule has 26 heavy (non-hydrogen) atoms. The van der Waals surface area contributed by atoms with Gasteiger partial charge in [-0.1, -0.05) is 31.0 Å². The number of hydrogen-bond acceptors (Lipinski definition) is 3. The van der Waals surface area contributed by atoms with Crippen molar-refractivity contribution in [3.8, 4) is 0 Å². The summed E-state index contributed by atoms with van der Waals surface area (Å²) in [7, 11) is 0. The molecule has 5 heteroatoms. The number of nitrogens with zero attached hydrogens (tertiary/aromatic N) is 2. The van der Waals surface area contributed by atoms with Crippen LogP contribution in [0.5, 0.6) is 0 Å². The van der Waals surface area contributed by atoms with E-state index in [-0.39, 0.29) is 0 Å². The number of nitrogens with one attached hydrogen (secondary N) is 2. The Morgan fingerprint density at radius 3 is 2.81 bits per heavy atom. The van der Waals surface area contributed by atoms with Crippen molar-refractivity contribution in [3.05, 3.63) is 59.0 Å². The molecule has 0 saturated heterocycles. The molecule has 132 valence electrons. The number of aromatic amines is 1. The van der Waals surface area contributed by atoms with Crippen molar-refractivity contribution in [2.75, 3.05) is 5.32 Å². The molecule has 4 aromatic rings. The van der Waals surface area contributed by atoms with Crippen LogP contribution in [0, 0.1) is 6.92 Å². The lowest BCUT2D eigenvalue weighted by molar-refractivity contribution is 0.795. The quantitative estimate of drug-likeness (QED) is 0.446. The third-order valence-corrected chi connectivity index (χ3v) is 4.99. The van der Waals surface area contributed by atoms with Gasteiger partial charge in [0.05, 0.1) is 11.2 Å². The molecule has 0 aliphatic heterocycles. The van der Waals surface area contributed by atoms with E-state index in [9.17, 15) is 0 Å². The Hall–Kier alpha value is -2.59. The normalized spacial score (nSPS) is 11.3. The van der Waals surface area contributed by atoms with Crippen molar-refractivity contribution in [1.82, 2.24) is 15.0 Å². The fourth-order valence-electron chi connectivity index (χ4n) is 3.33. The van der Waals surface area contributed by atoms with Crippen LogP contribution in [0.1, 0.15) is 31.0 Å². The smallest absolute Gasteiger partial charge is 0.116 e. The third kappa shape index (κ3) is 3.13. The standard InChI is InChI=1S/C21H21ClN4/c1-3-4-5-14-6-7-15(11-16(14)22)26-19-10-13(2)25-17-8-9-18-21(20(17)19)24-12-23-18/h6-12,25-26H,3-5H2,1-2H3. The second kappa shape index (κ2) is 6.96. The van der Waals surface area contributed by atoms with Crippen LogP contribution in [-0.2, 0) is 6.42 Å². The first-order valence-corrected chi connectivity index (χ1v) is 9.32. The summed E-state index contributed by atoms with van der Waals surface area (Å²) >= 11 is 6.49. The second-order valence-electron chi connectivity index (χ2n) is 6.63. The van der Waals surface area contributed by atoms with Crippen LogP contribution in [-0.4, -0.2) is 15.0 Å². The Bertz CT molecular complexity index is 1080. The number of anilines is 2. The molecular weight excluding hydrogens is 344 g/mol. The van der Waals surface area contributed by atoms with Gasteiger partial charge in [-0.15, -0.1) is 0 Å². The predicted molar refractivity (Wildman–Crippen MR) is 109 cm³/mol. The van der Waals surface area contributed by atoms with E-state index in [2.05, 4.69) is 45.4 Å². The Labute approximate surface area is 157 Å². The molecule has 2 N–H and O–H groups in total. The third-order valence-electron chi connectivity index (χ3n) is 4.63. The van der Waals surface area contributed by atoms with Gasteiger partial charge in [-0.3, -0.25) is 0 Å². The summed E-state index contributed by atoms with van der Waals surface area (Å²) in [4.78, 5) is 12.2. The zero-order valence-electron chi connectivity index (χ0n) is 14.9. The van der Waals surface area contributed by atoms with Crippen molar-refractivity contribution in [1.29, 1.82) is 0 Å². The maximum atomic E-state index is 6.49. The Morgan fingerprint density at radius 2 is 2.00 bits per heavy atom. The van der Waals surface area contributed by atoms with Crippen LogP contribution in [0.3, 0.4) is 0 Å². The van der Waals surface area contributed by atoms with Gasteiger partial charge in [-0.25, -0.2) is 9.97 Å². The molecule has 0 aliphatic carbocycles. The zero-order chi connectivity index (χ0) is 18.1. The van der Waals surface area contributed by atoms with Gasteiger partial charge >= 0.3 is 0 Å². The molecule has 0 aliphatic rings. The fraction of sp³-hybridized carbons (Fsp3) is 0.238. The van der Waals surface area contributed by atoms with E-state index in [0.29, 0.717) is 0 Å². The monoisotopic (exact) mass is 364 g/mol. The number of aryl methyl sites for hydroxylation is 2. The van der Waals surface area contributed by atoms with Gasteiger partial charge in [0, 0.05) is 27.3 Å². The lowest BCUT2D eigenvalue weighted by Gasteiger charge is -2.13. The molecular formula is C21H21ClN4. The van der Waals surface area contributed by atoms with E-state index >= 15 is 0 Å². The number of benzene rings is 2. The van der Waals surface area contributed by atoms with E-state index in [4.69, 9.17) is 11.6 Å². The number of unbranched alkanes of at least 4 members (excludes halogenated alkanes) is 1. The van der Waals surface area contributed by atoms with Gasteiger partial charge in [0.15, 0.2) is 0 Å². The molecule has 0 radical (unpaired) electrons. The second-order valence-corrected chi connectivity index (χ2v) is 7.04. The van der Waals surface area contributed by atoms with Crippen LogP contribution >= 0.6 is 11.6 Å². The van der Waals surface area contributed by atoms with Gasteiger partial charge in [0.2, 0.25) is 0 Å². The maximum absolute atomic E-state index is 6.49. The van der Waals surface area contributed by atoms with Crippen LogP contribution < -0.4 is 5.32 Å². The SMILES string of the molecule is CCCCc1ccc(Nc2cc(C)[nH]c3ccc4ncnc4c23)cc1Cl. The highest BCUT2D eigenvalue weighted by atomic mass is 35.5. The minimum Gasteiger partial charge on any atom is -0.358 e. The van der Waals surface area contributed by atoms with Crippen molar-refractivity contribution < 1.29 is 0 Å². The number of pyridine rings is 1. The number of imidazole rings is 1. The summed E-state index contributed by atoms with van der Waals surface area (Å²) in [6.07, 6.45) is 4.94. The van der Waals surface area contributed by atoms with Crippen molar-refractivity contribution in [3.63, 3.8) is 0 Å². The van der Waals surface area contributed by atoms with E-state index in [1.807, 2.05) is 25.1 Å². The van der Waals surface area contributed by atoms with Crippen LogP contribution in [0.25, 0.3) is 21.9 Å². The molecule has 0 spiro atoms. The van der Waals surface area contributed by atoms with Gasteiger partial charge in [-0.2, -0.15) is 0 Å². The average Bonchev–Trinajstić information content (AvgIpc) is 3.09. The molecule has 0 saturated carbocycles. The molecule has 4 rings (SSSR count). The highest BCUT2D eigenvalue weighted by molar-refractivity contribution is 6.31. The Kier molecular flexibility index (Phi) is 4.51. The number of fused-ring (bicyclic) bond motifs is 3. The van der Waals surface area contributed by atoms with E-state index < -0.39 is 0 Å². The highest BCUT2D eigenvalue weighted by Gasteiger charge is 2.11. The number of aromatic nitrogens is 3. The molecule has 2 aromatic heterocycles. The molecule has 0 atom stereocenters. The molecule has 2 aromatic carbocycles. The minimum atomic E-state index is 0.810. The van der Waals surface area contributed by atoms with Gasteiger partial charge in [0.25, 0.3) is 0 Å². The summed E-state index contributed by atoms with van der Waals surface area (Å²) in [6, 6.07) is 12.3. The first-order chi connectivity index (χ1) is 12.7. The molecule has 0 unspecified atom stereocenters. The predicted octanol–water partition coefficient (Wildman–Crippen LogP) is 6.16. The van der Waals surface area contributed by atoms with Crippen LogP contribution in [0.2, 0.25) is 5.02 Å². The number of rotatable bonds is 5. The summed E-state index contributed by atoms with van der Waals surface area (Å²) in [6.45, 7) is 4.24. The number of H-pyrrole nitrogens is 1. The zero-order valence-corrected chi connectivity index (χ0v) is 15.7. The average molecular weight is 365 g/mol. The summed E-state index contributed by atoms with van der Waals surface area (Å²) in [5.74, 6) is 0. The van der Waals surface area contributed by atoms with Crippen molar-refractivity contribution in [2.24, 2.45) is 0 Å². The molecule has 4 nitrogen and oxygen atoms in total. The Morgan fingerprint density at radius 1 is 1.12 bits per heavy atom. The molecule has 0 bridgehead atoms. The summed E-state index contributed by atoms with van der Waals surface area (Å²) in [5, 5.41) is 5.37. The van der Waals surface area contributed by atoms with E-state index in [0.717, 1.165) is 56.9 Å². The lowest BCUT2D eigenvalue weighted by atomic mass is 10.1. The minimum absolute atomic E-state index is 0.810. The van der Waals surface area contributed by atoms with Crippen LogP contribution in [0.4, 0.5) is 11.4 Å². The number of hydrogen-bond donors (Lipinski definition) is 2. The van der Waals surface area contributed by atoms with Crippen molar-refractivity contribution >= 4 is 44.9 Å². The highest BCUT2D eigenvalue weighted by Crippen LogP contribution is 2.32. The maximum Gasteiger partial charge on any atom is 0.116 e. The van der Waals surface area contributed by atoms with E-state index in [1.165, 1.54) is 12.0 Å². The Balaban J connectivity index is 1.77. The van der Waals surface area contributed by atoms with Gasteiger partial charge in [-0.05, 0) is 55.7 Å². The lowest BCUT2D eigenvalue weighted by Crippen LogP contribution is -1.96. The van der Waals surface area contributed by atoms with Gasteiger partial charge in [0.1, 0.15) is 11.8 Å². The largest absolute Gasteiger partial charge is 0.358 e. The molecule has 2 heterocycles. The fourth-order valence-corrected chi connectivity index (χ4v) is 3.60. The van der Waals surface area contributed by atoms with Gasteiger partial charge < -0.3 is 10.3 Å². The molecule has 0 fully saturated rings. The number of halogens is 1. The van der Waals surface area contributed by atoms with Crippen LogP contribution in [0.15, 0.2) is 42.7 Å². The summed E-state index contributed by atoms with van der Waals surface area (Å²) < 4.78 is 0. The first kappa shape index (κ1) is 16.9.